The molecule has 1 aliphatic carbocycles. The summed E-state index contributed by atoms with van der Waals surface area (Å²) in [5, 5.41) is 0. The number of anilines is 5. The molecule has 0 fully saturated rings. The van der Waals surface area contributed by atoms with Crippen LogP contribution >= 0.6 is 0 Å². The molecular weight excluding hydrogens is 646 g/mol. The van der Waals surface area contributed by atoms with Gasteiger partial charge >= 0.3 is 0 Å². The third-order valence-corrected chi connectivity index (χ3v) is 12.2. The molecule has 7 aromatic carbocycles. The highest BCUT2D eigenvalue weighted by Gasteiger charge is 2.53. The number of allylic oxidation sites excluding steroid dienone is 1. The first kappa shape index (κ1) is 29.2. The molecule has 0 amide bonds. The molecule has 248 valence electrons. The van der Waals surface area contributed by atoms with Crippen molar-refractivity contribution in [2.24, 2.45) is 0 Å². The molecule has 53 heavy (non-hydrogen) atoms. The quantitative estimate of drug-likeness (QED) is 0.172. The Morgan fingerprint density at radius 2 is 1.00 bits per heavy atom. The summed E-state index contributed by atoms with van der Waals surface area (Å²) in [6.45, 7) is 4.79. The van der Waals surface area contributed by atoms with Gasteiger partial charge in [-0.05, 0) is 87.5 Å². The van der Waals surface area contributed by atoms with Crippen LogP contribution in [0.25, 0.3) is 5.70 Å². The Hall–Kier alpha value is -6.39. The number of para-hydroxylation sites is 3. The Balaban J connectivity index is 1.12. The molecule has 5 aliphatic rings. The molecule has 0 atom stereocenters. The largest absolute Gasteiger partial charge is 0.458 e. The van der Waals surface area contributed by atoms with Gasteiger partial charge in [-0.2, -0.15) is 0 Å². The van der Waals surface area contributed by atoms with Crippen LogP contribution in [0.3, 0.4) is 0 Å². The van der Waals surface area contributed by atoms with Crippen LogP contribution < -0.4 is 46.6 Å². The van der Waals surface area contributed by atoms with Gasteiger partial charge in [-0.1, -0.05) is 116 Å². The van der Waals surface area contributed by atoms with Gasteiger partial charge in [-0.25, -0.2) is 0 Å². The highest BCUT2D eigenvalue weighted by molar-refractivity contribution is 7.00. The second kappa shape index (κ2) is 10.4. The number of hydrogen-bond donors (Lipinski definition) is 0. The first-order valence-corrected chi connectivity index (χ1v) is 18.5. The van der Waals surface area contributed by atoms with Gasteiger partial charge in [0, 0.05) is 51.2 Å². The Bertz CT molecular complexity index is 2740. The predicted molar refractivity (Wildman–Crippen MR) is 219 cm³/mol. The van der Waals surface area contributed by atoms with Crippen molar-refractivity contribution >= 4 is 74.9 Å². The maximum atomic E-state index is 6.97. The zero-order valence-electron chi connectivity index (χ0n) is 29.4. The summed E-state index contributed by atoms with van der Waals surface area (Å²) in [6, 6.07) is 56.9. The summed E-state index contributed by atoms with van der Waals surface area (Å²) in [5.74, 6) is 3.51. The summed E-state index contributed by atoms with van der Waals surface area (Å²) in [4.78, 5) is 4.86. The second-order valence-electron chi connectivity index (χ2n) is 15.2. The van der Waals surface area contributed by atoms with Crippen LogP contribution in [0.4, 0.5) is 28.4 Å². The predicted octanol–water partition coefficient (Wildman–Crippen LogP) is 8.20. The maximum Gasteiger partial charge on any atom is 0.256 e. The van der Waals surface area contributed by atoms with E-state index in [9.17, 15) is 0 Å². The Morgan fingerprint density at radius 3 is 1.72 bits per heavy atom. The average molecular weight is 678 g/mol. The molecule has 0 unspecified atom stereocenters. The first-order valence-electron chi connectivity index (χ1n) is 18.5. The van der Waals surface area contributed by atoms with E-state index in [0.717, 1.165) is 40.1 Å². The van der Waals surface area contributed by atoms with E-state index in [1.807, 2.05) is 0 Å². The SMILES string of the molecule is CC1(C)C2=C(c3ccccc31)N(c1ccccc1)c1cccc3c1B2c1cc2c(cc1O3)Oc1cccc3c1B2c1ccccc1N3c1ccccc1. The summed E-state index contributed by atoms with van der Waals surface area (Å²) in [5.41, 5.74) is 17.0. The molecule has 4 nitrogen and oxygen atoms in total. The molecule has 4 heterocycles. The number of nitrogens with zero attached hydrogens (tertiary/aromatic N) is 2. The number of hydrogen-bond acceptors (Lipinski definition) is 4. The van der Waals surface area contributed by atoms with Crippen molar-refractivity contribution in [2.75, 3.05) is 9.80 Å². The van der Waals surface area contributed by atoms with Crippen molar-refractivity contribution in [1.29, 1.82) is 0 Å². The van der Waals surface area contributed by atoms with Crippen LogP contribution in [-0.2, 0) is 5.41 Å². The van der Waals surface area contributed by atoms with Gasteiger partial charge in [0.2, 0.25) is 0 Å². The summed E-state index contributed by atoms with van der Waals surface area (Å²) < 4.78 is 13.9. The van der Waals surface area contributed by atoms with Crippen molar-refractivity contribution in [3.05, 3.63) is 174 Å². The molecule has 0 spiro atoms. The molecule has 12 rings (SSSR count). The fourth-order valence-electron chi connectivity index (χ4n) is 10.1. The van der Waals surface area contributed by atoms with E-state index >= 15 is 0 Å². The van der Waals surface area contributed by atoms with Crippen LogP contribution in [0.5, 0.6) is 23.0 Å². The molecule has 0 saturated heterocycles. The van der Waals surface area contributed by atoms with E-state index in [0.29, 0.717) is 0 Å². The lowest BCUT2D eigenvalue weighted by Crippen LogP contribution is -2.61. The lowest BCUT2D eigenvalue weighted by atomic mass is 9.29. The number of benzene rings is 7. The number of rotatable bonds is 2. The van der Waals surface area contributed by atoms with E-state index in [4.69, 9.17) is 9.47 Å². The maximum absolute atomic E-state index is 6.97. The highest BCUT2D eigenvalue weighted by atomic mass is 16.5. The average Bonchev–Trinajstić information content (AvgIpc) is 3.44. The number of fused-ring (bicyclic) bond motifs is 9. The Kier molecular flexibility index (Phi) is 5.71. The van der Waals surface area contributed by atoms with Gasteiger partial charge in [0.05, 0.1) is 0 Å². The molecule has 4 aliphatic heterocycles. The second-order valence-corrected chi connectivity index (χ2v) is 15.2. The van der Waals surface area contributed by atoms with Crippen molar-refractivity contribution in [1.82, 2.24) is 0 Å². The van der Waals surface area contributed by atoms with Gasteiger partial charge in [-0.3, -0.25) is 0 Å². The standard InChI is InChI=1S/C47H32B2N2O2/c1-47(2)32-20-10-9-19-31(32)45-46(47)49-35-27-34-41(28-42(35)53-40-26-14-24-38(44(40)49)51(45)30-17-7-4-8-18-30)52-39-25-13-23-37-43(39)48(34)33-21-11-12-22-36(33)50(37)29-15-5-3-6-16-29/h3-28H,1-2H3. The summed E-state index contributed by atoms with van der Waals surface area (Å²) >= 11 is 0. The van der Waals surface area contributed by atoms with E-state index in [1.54, 1.807) is 0 Å². The zero-order valence-corrected chi connectivity index (χ0v) is 29.4. The van der Waals surface area contributed by atoms with E-state index in [1.165, 1.54) is 61.0 Å². The lowest BCUT2D eigenvalue weighted by Gasteiger charge is -2.43. The zero-order chi connectivity index (χ0) is 35.0. The monoisotopic (exact) mass is 678 g/mol. The Morgan fingerprint density at radius 1 is 0.453 bits per heavy atom. The molecule has 0 radical (unpaired) electrons. The van der Waals surface area contributed by atoms with Crippen molar-refractivity contribution in [2.45, 2.75) is 19.3 Å². The van der Waals surface area contributed by atoms with Crippen LogP contribution in [0, 0.1) is 0 Å². The van der Waals surface area contributed by atoms with Gasteiger partial charge in [-0.15, -0.1) is 0 Å². The summed E-state index contributed by atoms with van der Waals surface area (Å²) in [7, 11) is 0. The molecule has 0 bridgehead atoms. The minimum Gasteiger partial charge on any atom is -0.458 e. The third kappa shape index (κ3) is 3.77. The van der Waals surface area contributed by atoms with Crippen LogP contribution in [0.2, 0.25) is 0 Å². The summed E-state index contributed by atoms with van der Waals surface area (Å²) in [6.07, 6.45) is 0. The van der Waals surface area contributed by atoms with Gasteiger partial charge < -0.3 is 19.3 Å². The molecule has 0 saturated carbocycles. The normalized spacial score (nSPS) is 16.0. The minimum absolute atomic E-state index is 0.00491. The topological polar surface area (TPSA) is 24.9 Å². The van der Waals surface area contributed by atoms with Gasteiger partial charge in [0.1, 0.15) is 23.0 Å². The van der Waals surface area contributed by atoms with Gasteiger partial charge in [0.15, 0.2) is 0 Å². The number of ether oxygens (including phenoxy) is 2. The molecule has 0 aromatic heterocycles. The van der Waals surface area contributed by atoms with Gasteiger partial charge in [0.25, 0.3) is 13.4 Å². The fraction of sp³-hybridized carbons (Fsp3) is 0.0638. The first-order chi connectivity index (χ1) is 26.1. The molecule has 7 aromatic rings. The van der Waals surface area contributed by atoms with E-state index in [2.05, 4.69) is 181 Å². The molecular formula is C47H32B2N2O2. The van der Waals surface area contributed by atoms with Crippen LogP contribution in [0.15, 0.2) is 163 Å². The van der Waals surface area contributed by atoms with Crippen LogP contribution in [0.1, 0.15) is 25.0 Å². The van der Waals surface area contributed by atoms with Crippen LogP contribution in [-0.4, -0.2) is 13.4 Å². The van der Waals surface area contributed by atoms with Crippen molar-refractivity contribution < 1.29 is 9.47 Å². The highest BCUT2D eigenvalue weighted by Crippen LogP contribution is 2.55. The Labute approximate surface area is 309 Å². The lowest BCUT2D eigenvalue weighted by molar-refractivity contribution is 0.465. The third-order valence-electron chi connectivity index (χ3n) is 12.2. The fourth-order valence-corrected chi connectivity index (χ4v) is 10.1. The van der Waals surface area contributed by atoms with E-state index in [-0.39, 0.29) is 18.8 Å². The molecule has 6 heteroatoms. The minimum atomic E-state index is -0.233. The van der Waals surface area contributed by atoms with Crippen molar-refractivity contribution in [3.63, 3.8) is 0 Å². The van der Waals surface area contributed by atoms with Crippen molar-refractivity contribution in [3.8, 4) is 23.0 Å². The molecule has 0 N–H and O–H groups in total. The smallest absolute Gasteiger partial charge is 0.256 e. The van der Waals surface area contributed by atoms with E-state index < -0.39 is 0 Å².